The molecule has 0 amide bonds. The molecular formula is C20H27NO6. The Morgan fingerprint density at radius 1 is 0.926 bits per heavy atom. The second-order valence-corrected chi connectivity index (χ2v) is 8.68. The summed E-state index contributed by atoms with van der Waals surface area (Å²) in [4.78, 5) is 35.1. The Bertz CT molecular complexity index is 688. The molecule has 27 heavy (non-hydrogen) atoms. The van der Waals surface area contributed by atoms with Gasteiger partial charge < -0.3 is 9.47 Å². The van der Waals surface area contributed by atoms with E-state index in [9.17, 15) is 19.7 Å². The Balaban J connectivity index is 3.09. The van der Waals surface area contributed by atoms with Gasteiger partial charge in [0.05, 0.1) is 18.1 Å². The van der Waals surface area contributed by atoms with Crippen LogP contribution in [0.2, 0.25) is 0 Å². The van der Waals surface area contributed by atoms with E-state index in [1.54, 1.807) is 0 Å². The van der Waals surface area contributed by atoms with Gasteiger partial charge in [0, 0.05) is 12.1 Å². The number of esters is 2. The van der Waals surface area contributed by atoms with Crippen LogP contribution in [0, 0.1) is 20.9 Å². The second-order valence-electron chi connectivity index (χ2n) is 8.68. The summed E-state index contributed by atoms with van der Waals surface area (Å²) in [5.74, 6) is -1.58. The first-order chi connectivity index (χ1) is 12.3. The highest BCUT2D eigenvalue weighted by molar-refractivity contribution is 6.17. The van der Waals surface area contributed by atoms with Crippen molar-refractivity contribution in [2.75, 3.05) is 13.2 Å². The average molecular weight is 377 g/mol. The average Bonchev–Trinajstić information content (AvgIpc) is 2.54. The van der Waals surface area contributed by atoms with Gasteiger partial charge in [0.1, 0.15) is 5.57 Å². The lowest BCUT2D eigenvalue weighted by Crippen LogP contribution is -2.25. The second kappa shape index (κ2) is 8.79. The van der Waals surface area contributed by atoms with E-state index in [2.05, 4.69) is 0 Å². The standard InChI is InChI=1S/C20H27NO6/c1-19(2,3)12-26-17(22)16(18(23)27-13-20(4,5)6)11-14-7-9-15(10-8-14)21(24)25/h7-11H,12-13H2,1-6H3. The Labute approximate surface area is 159 Å². The van der Waals surface area contributed by atoms with E-state index in [-0.39, 0.29) is 35.3 Å². The molecule has 7 nitrogen and oxygen atoms in total. The van der Waals surface area contributed by atoms with Crippen LogP contribution in [0.25, 0.3) is 6.08 Å². The first kappa shape index (κ1) is 22.3. The van der Waals surface area contributed by atoms with Crippen LogP contribution >= 0.6 is 0 Å². The fraction of sp³-hybridized carbons (Fsp3) is 0.500. The van der Waals surface area contributed by atoms with Gasteiger partial charge in [0.25, 0.3) is 5.69 Å². The van der Waals surface area contributed by atoms with Crippen LogP contribution in [-0.2, 0) is 19.1 Å². The van der Waals surface area contributed by atoms with Crippen LogP contribution in [0.1, 0.15) is 47.1 Å². The predicted molar refractivity (Wildman–Crippen MR) is 102 cm³/mol. The molecule has 0 N–H and O–H groups in total. The minimum atomic E-state index is -0.790. The van der Waals surface area contributed by atoms with Gasteiger partial charge in [-0.1, -0.05) is 41.5 Å². The molecular weight excluding hydrogens is 350 g/mol. The summed E-state index contributed by atoms with van der Waals surface area (Å²) < 4.78 is 10.5. The molecule has 0 aliphatic rings. The first-order valence-electron chi connectivity index (χ1n) is 8.59. The van der Waals surface area contributed by atoms with Crippen molar-refractivity contribution in [2.45, 2.75) is 41.5 Å². The maximum Gasteiger partial charge on any atom is 0.345 e. The molecule has 148 valence electrons. The lowest BCUT2D eigenvalue weighted by atomic mass is 9.98. The summed E-state index contributed by atoms with van der Waals surface area (Å²) in [5, 5.41) is 10.8. The first-order valence-corrected chi connectivity index (χ1v) is 8.59. The number of ether oxygens (including phenoxy) is 2. The molecule has 1 aromatic rings. The lowest BCUT2D eigenvalue weighted by molar-refractivity contribution is -0.384. The quantitative estimate of drug-likeness (QED) is 0.184. The zero-order chi connectivity index (χ0) is 20.8. The number of hydrogen-bond donors (Lipinski definition) is 0. The van der Waals surface area contributed by atoms with E-state index in [1.807, 2.05) is 41.5 Å². The number of carbonyl (C=O) groups is 2. The van der Waals surface area contributed by atoms with Crippen molar-refractivity contribution in [2.24, 2.45) is 10.8 Å². The number of nitrogens with zero attached hydrogens (tertiary/aromatic N) is 1. The smallest absolute Gasteiger partial charge is 0.345 e. The molecule has 0 saturated carbocycles. The molecule has 0 aliphatic heterocycles. The number of non-ortho nitro benzene ring substituents is 1. The molecule has 0 heterocycles. The minimum absolute atomic E-state index is 0.0840. The van der Waals surface area contributed by atoms with Gasteiger partial charge in [-0.25, -0.2) is 9.59 Å². The SMILES string of the molecule is CC(C)(C)COC(=O)C(=Cc1ccc([N+](=O)[O-])cc1)C(=O)OCC(C)(C)C. The number of rotatable bonds is 6. The van der Waals surface area contributed by atoms with Gasteiger partial charge in [-0.05, 0) is 34.6 Å². The molecule has 0 atom stereocenters. The molecule has 0 aliphatic carbocycles. The van der Waals surface area contributed by atoms with Gasteiger partial charge in [-0.3, -0.25) is 10.1 Å². The number of nitro groups is 1. The van der Waals surface area contributed by atoms with E-state index in [4.69, 9.17) is 9.47 Å². The van der Waals surface area contributed by atoms with Crippen molar-refractivity contribution in [1.82, 2.24) is 0 Å². The van der Waals surface area contributed by atoms with Gasteiger partial charge in [-0.2, -0.15) is 0 Å². The number of carbonyl (C=O) groups excluding carboxylic acids is 2. The van der Waals surface area contributed by atoms with E-state index in [0.717, 1.165) is 0 Å². The third-order valence-electron chi connectivity index (χ3n) is 3.13. The lowest BCUT2D eigenvalue weighted by Gasteiger charge is -2.20. The summed E-state index contributed by atoms with van der Waals surface area (Å²) in [5.41, 5.74) is -0.403. The molecule has 1 rings (SSSR count). The fourth-order valence-corrected chi connectivity index (χ4v) is 1.78. The van der Waals surface area contributed by atoms with Crippen LogP contribution in [-0.4, -0.2) is 30.1 Å². The van der Waals surface area contributed by atoms with E-state index < -0.39 is 16.9 Å². The Morgan fingerprint density at radius 3 is 1.67 bits per heavy atom. The number of hydrogen-bond acceptors (Lipinski definition) is 6. The molecule has 0 radical (unpaired) electrons. The number of nitro benzene ring substituents is 1. The van der Waals surface area contributed by atoms with Crippen LogP contribution in [0.3, 0.4) is 0 Å². The highest BCUT2D eigenvalue weighted by Crippen LogP contribution is 2.19. The van der Waals surface area contributed by atoms with Crippen molar-refractivity contribution < 1.29 is 24.0 Å². The third kappa shape index (κ3) is 8.48. The van der Waals surface area contributed by atoms with Crippen LogP contribution < -0.4 is 0 Å². The van der Waals surface area contributed by atoms with Gasteiger partial charge >= 0.3 is 11.9 Å². The molecule has 1 aromatic carbocycles. The largest absolute Gasteiger partial charge is 0.461 e. The molecule has 0 spiro atoms. The van der Waals surface area contributed by atoms with E-state index in [0.29, 0.717) is 5.56 Å². The topological polar surface area (TPSA) is 95.7 Å². The molecule has 0 aromatic heterocycles. The Morgan fingerprint density at radius 2 is 1.33 bits per heavy atom. The zero-order valence-corrected chi connectivity index (χ0v) is 16.7. The summed E-state index contributed by atoms with van der Waals surface area (Å²) in [6, 6.07) is 5.49. The molecule has 7 heteroatoms. The van der Waals surface area contributed by atoms with Crippen molar-refractivity contribution in [3.05, 3.63) is 45.5 Å². The fourth-order valence-electron chi connectivity index (χ4n) is 1.78. The Kier molecular flexibility index (Phi) is 7.28. The van der Waals surface area contributed by atoms with E-state index in [1.165, 1.54) is 30.3 Å². The maximum atomic E-state index is 12.4. The summed E-state index contributed by atoms with van der Waals surface area (Å²) in [6.45, 7) is 11.7. The van der Waals surface area contributed by atoms with Crippen LogP contribution in [0.5, 0.6) is 0 Å². The summed E-state index contributed by atoms with van der Waals surface area (Å²) in [7, 11) is 0. The third-order valence-corrected chi connectivity index (χ3v) is 3.13. The summed E-state index contributed by atoms with van der Waals surface area (Å²) >= 11 is 0. The number of benzene rings is 1. The molecule has 0 unspecified atom stereocenters. The normalized spacial score (nSPS) is 11.5. The van der Waals surface area contributed by atoms with Crippen LogP contribution in [0.15, 0.2) is 29.8 Å². The predicted octanol–water partition coefficient (Wildman–Crippen LogP) is 4.16. The van der Waals surface area contributed by atoms with Crippen molar-refractivity contribution in [1.29, 1.82) is 0 Å². The molecule has 0 saturated heterocycles. The minimum Gasteiger partial charge on any atom is -0.461 e. The van der Waals surface area contributed by atoms with Crippen molar-refractivity contribution in [3.63, 3.8) is 0 Å². The molecule has 0 fully saturated rings. The molecule has 0 bridgehead atoms. The monoisotopic (exact) mass is 377 g/mol. The Hall–Kier alpha value is -2.70. The highest BCUT2D eigenvalue weighted by Gasteiger charge is 2.25. The summed E-state index contributed by atoms with van der Waals surface area (Å²) in [6.07, 6.45) is 1.32. The van der Waals surface area contributed by atoms with Crippen LogP contribution in [0.4, 0.5) is 5.69 Å². The van der Waals surface area contributed by atoms with E-state index >= 15 is 0 Å². The highest BCUT2D eigenvalue weighted by atomic mass is 16.6. The van der Waals surface area contributed by atoms with Crippen molar-refractivity contribution in [3.8, 4) is 0 Å². The van der Waals surface area contributed by atoms with Crippen molar-refractivity contribution >= 4 is 23.7 Å². The van der Waals surface area contributed by atoms with Gasteiger partial charge in [0.15, 0.2) is 0 Å². The van der Waals surface area contributed by atoms with Gasteiger partial charge in [0.2, 0.25) is 0 Å². The zero-order valence-electron chi connectivity index (χ0n) is 16.7. The maximum absolute atomic E-state index is 12.4. The van der Waals surface area contributed by atoms with Gasteiger partial charge in [-0.15, -0.1) is 0 Å².